The number of carbonyl (C=O) groups is 1. The second-order valence-corrected chi connectivity index (χ2v) is 2.72. The molecular weight excluding hydrogens is 150 g/mol. The molecule has 0 aromatic carbocycles. The van der Waals surface area contributed by atoms with E-state index in [4.69, 9.17) is 0 Å². The van der Waals surface area contributed by atoms with E-state index in [1.165, 1.54) is 0 Å². The molecular formula is C10H19NO. The van der Waals surface area contributed by atoms with Gasteiger partial charge >= 0.3 is 0 Å². The van der Waals surface area contributed by atoms with E-state index in [0.29, 0.717) is 0 Å². The van der Waals surface area contributed by atoms with Crippen molar-refractivity contribution in [1.29, 1.82) is 0 Å². The number of carbonyl (C=O) groups excluding carboxylic acids is 1. The Morgan fingerprint density at radius 2 is 1.92 bits per heavy atom. The number of allylic oxidation sites excluding steroid dienone is 2. The fourth-order valence-corrected chi connectivity index (χ4v) is 1.31. The van der Waals surface area contributed by atoms with Crippen molar-refractivity contribution < 1.29 is 4.79 Å². The fourth-order valence-electron chi connectivity index (χ4n) is 1.31. The van der Waals surface area contributed by atoms with Crippen molar-refractivity contribution in [2.75, 3.05) is 6.54 Å². The molecule has 0 saturated heterocycles. The second-order valence-electron chi connectivity index (χ2n) is 2.72. The Morgan fingerprint density at radius 3 is 2.17 bits per heavy atom. The summed E-state index contributed by atoms with van der Waals surface area (Å²) in [6.07, 6.45) is 4.04. The van der Waals surface area contributed by atoms with E-state index in [0.717, 1.165) is 25.1 Å². The minimum absolute atomic E-state index is 0.138. The normalized spacial score (nSPS) is 11.5. The lowest BCUT2D eigenvalue weighted by Crippen LogP contribution is -2.27. The van der Waals surface area contributed by atoms with Gasteiger partial charge in [0.2, 0.25) is 5.91 Å². The van der Waals surface area contributed by atoms with E-state index >= 15 is 0 Å². The molecule has 0 aliphatic carbocycles. The highest BCUT2D eigenvalue weighted by atomic mass is 16.2. The van der Waals surface area contributed by atoms with Crippen molar-refractivity contribution in [1.82, 2.24) is 4.90 Å². The monoisotopic (exact) mass is 169 g/mol. The lowest BCUT2D eigenvalue weighted by molar-refractivity contribution is -0.126. The SMILES string of the molecule is CC/C=C(\CC)N(CC)C(C)=O. The van der Waals surface area contributed by atoms with Crippen molar-refractivity contribution >= 4 is 5.91 Å². The van der Waals surface area contributed by atoms with E-state index in [1.807, 2.05) is 11.8 Å². The maximum absolute atomic E-state index is 11.1. The van der Waals surface area contributed by atoms with Gasteiger partial charge in [-0.05, 0) is 19.8 Å². The first kappa shape index (κ1) is 11.2. The molecule has 2 heteroatoms. The van der Waals surface area contributed by atoms with Gasteiger partial charge in [0.05, 0.1) is 0 Å². The summed E-state index contributed by atoms with van der Waals surface area (Å²) in [5.74, 6) is 0.138. The number of hydrogen-bond donors (Lipinski definition) is 0. The Kier molecular flexibility index (Phi) is 5.43. The zero-order valence-electron chi connectivity index (χ0n) is 8.55. The Labute approximate surface area is 75.3 Å². The van der Waals surface area contributed by atoms with Gasteiger partial charge in [-0.1, -0.05) is 19.9 Å². The van der Waals surface area contributed by atoms with Gasteiger partial charge in [0, 0.05) is 19.2 Å². The van der Waals surface area contributed by atoms with Crippen molar-refractivity contribution in [2.45, 2.75) is 40.5 Å². The molecule has 2 nitrogen and oxygen atoms in total. The van der Waals surface area contributed by atoms with Crippen molar-refractivity contribution in [3.63, 3.8) is 0 Å². The van der Waals surface area contributed by atoms with Crippen LogP contribution in [0.5, 0.6) is 0 Å². The molecule has 0 rings (SSSR count). The van der Waals surface area contributed by atoms with Crippen molar-refractivity contribution in [3.8, 4) is 0 Å². The van der Waals surface area contributed by atoms with Crippen LogP contribution in [0.3, 0.4) is 0 Å². The zero-order valence-corrected chi connectivity index (χ0v) is 8.55. The Morgan fingerprint density at radius 1 is 1.33 bits per heavy atom. The van der Waals surface area contributed by atoms with E-state index in [-0.39, 0.29) is 5.91 Å². The quantitative estimate of drug-likeness (QED) is 0.633. The fraction of sp³-hybridized carbons (Fsp3) is 0.700. The van der Waals surface area contributed by atoms with Crippen LogP contribution in [0, 0.1) is 0 Å². The Bertz CT molecular complexity index is 173. The van der Waals surface area contributed by atoms with Crippen LogP contribution in [0.1, 0.15) is 40.5 Å². The molecule has 0 aromatic rings. The standard InChI is InChI=1S/C10H19NO/c1-5-8-10(6-2)11(7-3)9(4)12/h8H,5-7H2,1-4H3/b10-8+. The lowest BCUT2D eigenvalue weighted by atomic mass is 10.2. The van der Waals surface area contributed by atoms with Gasteiger partial charge in [-0.3, -0.25) is 4.79 Å². The lowest BCUT2D eigenvalue weighted by Gasteiger charge is -2.21. The third-order valence-corrected chi connectivity index (χ3v) is 1.85. The molecule has 0 saturated carbocycles. The van der Waals surface area contributed by atoms with Gasteiger partial charge < -0.3 is 4.90 Å². The molecule has 0 aliphatic rings. The molecule has 0 aliphatic heterocycles. The van der Waals surface area contributed by atoms with Crippen LogP contribution in [0.2, 0.25) is 0 Å². The van der Waals surface area contributed by atoms with Crippen LogP contribution >= 0.6 is 0 Å². The van der Waals surface area contributed by atoms with Crippen LogP contribution in [0.25, 0.3) is 0 Å². The van der Waals surface area contributed by atoms with Gasteiger partial charge in [-0.2, -0.15) is 0 Å². The van der Waals surface area contributed by atoms with Crippen LogP contribution in [-0.4, -0.2) is 17.4 Å². The summed E-state index contributed by atoms with van der Waals surface area (Å²) in [6, 6.07) is 0. The predicted molar refractivity (Wildman–Crippen MR) is 51.7 cm³/mol. The first-order valence-electron chi connectivity index (χ1n) is 4.64. The molecule has 0 N–H and O–H groups in total. The highest BCUT2D eigenvalue weighted by molar-refractivity contribution is 5.75. The molecule has 0 bridgehead atoms. The number of rotatable bonds is 4. The van der Waals surface area contributed by atoms with Gasteiger partial charge in [-0.15, -0.1) is 0 Å². The average Bonchev–Trinajstić information content (AvgIpc) is 2.03. The summed E-state index contributed by atoms with van der Waals surface area (Å²) in [6.45, 7) is 8.55. The largest absolute Gasteiger partial charge is 0.317 e. The van der Waals surface area contributed by atoms with E-state index < -0.39 is 0 Å². The Balaban J connectivity index is 4.44. The summed E-state index contributed by atoms with van der Waals surface area (Å²) >= 11 is 0. The van der Waals surface area contributed by atoms with Gasteiger partial charge in [-0.25, -0.2) is 0 Å². The molecule has 70 valence electrons. The molecule has 0 atom stereocenters. The summed E-state index contributed by atoms with van der Waals surface area (Å²) in [7, 11) is 0. The maximum atomic E-state index is 11.1. The maximum Gasteiger partial charge on any atom is 0.223 e. The molecule has 12 heavy (non-hydrogen) atoms. The summed E-state index contributed by atoms with van der Waals surface area (Å²) < 4.78 is 0. The highest BCUT2D eigenvalue weighted by Crippen LogP contribution is 2.09. The predicted octanol–water partition coefficient (Wildman–Crippen LogP) is 2.56. The van der Waals surface area contributed by atoms with Gasteiger partial charge in [0.25, 0.3) is 0 Å². The number of hydrogen-bond acceptors (Lipinski definition) is 1. The number of amides is 1. The first-order valence-corrected chi connectivity index (χ1v) is 4.64. The van der Waals surface area contributed by atoms with Crippen molar-refractivity contribution in [3.05, 3.63) is 11.8 Å². The summed E-state index contributed by atoms with van der Waals surface area (Å²) in [4.78, 5) is 13.0. The van der Waals surface area contributed by atoms with E-state index in [9.17, 15) is 4.79 Å². The zero-order chi connectivity index (χ0) is 9.56. The summed E-state index contributed by atoms with van der Waals surface area (Å²) in [5, 5.41) is 0. The third kappa shape index (κ3) is 3.07. The third-order valence-electron chi connectivity index (χ3n) is 1.85. The topological polar surface area (TPSA) is 20.3 Å². The van der Waals surface area contributed by atoms with E-state index in [1.54, 1.807) is 6.92 Å². The van der Waals surface area contributed by atoms with Crippen LogP contribution in [0.15, 0.2) is 11.8 Å². The van der Waals surface area contributed by atoms with Crippen LogP contribution in [-0.2, 0) is 4.79 Å². The minimum Gasteiger partial charge on any atom is -0.317 e. The molecule has 0 heterocycles. The van der Waals surface area contributed by atoms with Crippen LogP contribution < -0.4 is 0 Å². The van der Waals surface area contributed by atoms with E-state index in [2.05, 4.69) is 19.9 Å². The number of nitrogens with zero attached hydrogens (tertiary/aromatic N) is 1. The Hall–Kier alpha value is -0.790. The highest BCUT2D eigenvalue weighted by Gasteiger charge is 2.08. The van der Waals surface area contributed by atoms with Crippen LogP contribution in [0.4, 0.5) is 0 Å². The second kappa shape index (κ2) is 5.81. The summed E-state index contributed by atoms with van der Waals surface area (Å²) in [5.41, 5.74) is 1.15. The molecule has 0 unspecified atom stereocenters. The first-order chi connectivity index (χ1) is 5.67. The minimum atomic E-state index is 0.138. The van der Waals surface area contributed by atoms with Crippen molar-refractivity contribution in [2.24, 2.45) is 0 Å². The molecule has 0 aromatic heterocycles. The smallest absolute Gasteiger partial charge is 0.223 e. The molecule has 0 fully saturated rings. The average molecular weight is 169 g/mol. The molecule has 0 spiro atoms. The van der Waals surface area contributed by atoms with Gasteiger partial charge in [0.15, 0.2) is 0 Å². The van der Waals surface area contributed by atoms with Gasteiger partial charge in [0.1, 0.15) is 0 Å². The molecule has 1 amide bonds. The molecule has 0 radical (unpaired) electrons.